The van der Waals surface area contributed by atoms with Crippen LogP contribution < -0.4 is 10.6 Å². The highest BCUT2D eigenvalue weighted by Gasteiger charge is 2.39. The third-order valence-corrected chi connectivity index (χ3v) is 5.37. The monoisotopic (exact) mass is 443 g/mol. The van der Waals surface area contributed by atoms with E-state index >= 15 is 0 Å². The summed E-state index contributed by atoms with van der Waals surface area (Å²) in [6.07, 6.45) is 4.13. The Kier molecular flexibility index (Phi) is 6.61. The van der Waals surface area contributed by atoms with Gasteiger partial charge in [-0.15, -0.1) is 5.10 Å². The lowest BCUT2D eigenvalue weighted by molar-refractivity contribution is -0.134. The number of aliphatic hydroxyl groups excluding tert-OH is 1. The molecule has 3 aromatic rings. The number of aryl methyl sites for hydroxylation is 1. The van der Waals surface area contributed by atoms with E-state index < -0.39 is 18.4 Å². The molecule has 3 atom stereocenters. The topological polar surface area (TPSA) is 145 Å². The molecule has 4 rings (SSSR count). The predicted molar refractivity (Wildman–Crippen MR) is 117 cm³/mol. The number of imidazole rings is 1. The number of amides is 1. The first-order valence-corrected chi connectivity index (χ1v) is 11.0. The number of carbonyl (C=O) groups is 1. The second-order valence-electron chi connectivity index (χ2n) is 7.80. The van der Waals surface area contributed by atoms with E-state index in [2.05, 4.69) is 49.7 Å². The quantitative estimate of drug-likeness (QED) is 0.442. The predicted octanol–water partition coefficient (Wildman–Crippen LogP) is 1.10. The van der Waals surface area contributed by atoms with Crippen molar-refractivity contribution in [2.75, 3.05) is 18.9 Å². The van der Waals surface area contributed by atoms with Crippen molar-refractivity contribution in [2.45, 2.75) is 64.5 Å². The maximum Gasteiger partial charge on any atom is 0.249 e. The number of aromatic nitrogens is 7. The van der Waals surface area contributed by atoms with E-state index in [-0.39, 0.29) is 12.3 Å². The van der Waals surface area contributed by atoms with E-state index in [1.807, 2.05) is 6.20 Å². The van der Waals surface area contributed by atoms with Crippen LogP contribution in [-0.2, 0) is 16.1 Å². The van der Waals surface area contributed by atoms with Crippen molar-refractivity contribution in [1.29, 1.82) is 0 Å². The highest BCUT2D eigenvalue weighted by Crippen LogP contribution is 2.33. The average molecular weight is 444 g/mol. The number of unbranched alkanes of at least 4 members (excludes halogenated alkanes) is 1. The first-order chi connectivity index (χ1) is 15.5. The summed E-state index contributed by atoms with van der Waals surface area (Å²) in [5.74, 6) is 0.695. The lowest BCUT2D eigenvalue weighted by atomic mass is 10.2. The molecule has 0 aliphatic carbocycles. The zero-order valence-electron chi connectivity index (χ0n) is 18.5. The van der Waals surface area contributed by atoms with Gasteiger partial charge in [0.25, 0.3) is 0 Å². The van der Waals surface area contributed by atoms with Crippen molar-refractivity contribution in [3.63, 3.8) is 0 Å². The summed E-state index contributed by atoms with van der Waals surface area (Å²) in [5.41, 5.74) is 1.59. The number of nitrogens with zero attached hydrogens (tertiary/aromatic N) is 7. The lowest BCUT2D eigenvalue weighted by Crippen LogP contribution is -2.31. The number of ether oxygens (including phenoxy) is 1. The number of rotatable bonds is 9. The van der Waals surface area contributed by atoms with Crippen molar-refractivity contribution in [3.05, 3.63) is 12.5 Å². The van der Waals surface area contributed by atoms with Gasteiger partial charge in [-0.1, -0.05) is 25.5 Å². The fourth-order valence-electron chi connectivity index (χ4n) is 3.65. The third kappa shape index (κ3) is 4.28. The van der Waals surface area contributed by atoms with Crippen LogP contribution in [0.1, 0.15) is 45.8 Å². The van der Waals surface area contributed by atoms with Gasteiger partial charge in [0.15, 0.2) is 29.0 Å². The van der Waals surface area contributed by atoms with Gasteiger partial charge in [0.1, 0.15) is 17.9 Å². The van der Waals surface area contributed by atoms with E-state index in [0.29, 0.717) is 35.0 Å². The molecule has 1 aliphatic heterocycles. The first kappa shape index (κ1) is 22.1. The molecule has 0 unspecified atom stereocenters. The summed E-state index contributed by atoms with van der Waals surface area (Å²) < 4.78 is 9.27. The van der Waals surface area contributed by atoms with Gasteiger partial charge in [-0.25, -0.2) is 15.0 Å². The van der Waals surface area contributed by atoms with Gasteiger partial charge in [0, 0.05) is 26.6 Å². The molecular weight excluding hydrogens is 414 g/mol. The van der Waals surface area contributed by atoms with Gasteiger partial charge in [-0.2, -0.15) is 0 Å². The highest BCUT2D eigenvalue weighted by atomic mass is 16.5. The van der Waals surface area contributed by atoms with Crippen molar-refractivity contribution < 1.29 is 14.6 Å². The van der Waals surface area contributed by atoms with E-state index in [4.69, 9.17) is 4.74 Å². The Morgan fingerprint density at radius 1 is 1.31 bits per heavy atom. The molecule has 12 heteroatoms. The molecule has 1 saturated heterocycles. The number of nitrogens with one attached hydrogen (secondary N) is 2. The molecule has 3 N–H and O–H groups in total. The maximum absolute atomic E-state index is 12.0. The Morgan fingerprint density at radius 3 is 2.91 bits per heavy atom. The third-order valence-electron chi connectivity index (χ3n) is 5.37. The fourth-order valence-corrected chi connectivity index (χ4v) is 3.65. The molecule has 1 aliphatic rings. The summed E-state index contributed by atoms with van der Waals surface area (Å²) in [4.78, 5) is 25.8. The molecule has 3 aromatic heterocycles. The Labute approximate surface area is 185 Å². The second kappa shape index (κ2) is 9.57. The minimum absolute atomic E-state index is 0.189. The number of anilines is 1. The molecule has 0 aromatic carbocycles. The molecule has 12 nitrogen and oxygen atoms in total. The van der Waals surface area contributed by atoms with Crippen LogP contribution in [0.2, 0.25) is 0 Å². The lowest BCUT2D eigenvalue weighted by Gasteiger charge is -2.17. The number of aliphatic hydroxyl groups is 1. The van der Waals surface area contributed by atoms with Crippen molar-refractivity contribution >= 4 is 22.9 Å². The first-order valence-electron chi connectivity index (χ1n) is 11.0. The van der Waals surface area contributed by atoms with Crippen LogP contribution in [0, 0.1) is 0 Å². The Hall–Kier alpha value is -3.12. The summed E-state index contributed by atoms with van der Waals surface area (Å²) in [6, 6.07) is 0. The molecule has 0 bridgehead atoms. The van der Waals surface area contributed by atoms with Gasteiger partial charge in [-0.05, 0) is 12.8 Å². The smallest absolute Gasteiger partial charge is 0.249 e. The maximum atomic E-state index is 12.0. The van der Waals surface area contributed by atoms with Crippen LogP contribution in [0.15, 0.2) is 12.5 Å². The molecule has 1 fully saturated rings. The van der Waals surface area contributed by atoms with Crippen LogP contribution in [0.25, 0.3) is 22.7 Å². The molecule has 0 saturated carbocycles. The van der Waals surface area contributed by atoms with Gasteiger partial charge in [0.2, 0.25) is 5.91 Å². The summed E-state index contributed by atoms with van der Waals surface area (Å²) in [6.45, 7) is 5.66. The Bertz CT molecular complexity index is 1080. The standard InChI is InChI=1S/C20H29N9O3/c1-4-6-8-28-10-12(26-27-28)16-24-17(22-7-5-2)15-18(25-16)29(11-23-15)20-13(30)9-14(32-20)19(31)21-3/h10-11,13-14,20,30H,4-9H2,1-3H3,(H,21,31)(H,22,24,25)/t13-,14+,20-/m1/s1. The largest absolute Gasteiger partial charge is 0.388 e. The Morgan fingerprint density at radius 2 is 2.16 bits per heavy atom. The second-order valence-corrected chi connectivity index (χ2v) is 7.80. The SMILES string of the molecule is CCCCn1cc(-c2nc(NCCC)c3ncn([C@@H]4O[C@H](C(=O)NC)C[C@H]4O)c3n2)nn1. The van der Waals surface area contributed by atoms with Crippen LogP contribution in [0.4, 0.5) is 5.82 Å². The summed E-state index contributed by atoms with van der Waals surface area (Å²) in [7, 11) is 1.54. The van der Waals surface area contributed by atoms with Crippen molar-refractivity contribution in [3.8, 4) is 11.5 Å². The van der Waals surface area contributed by atoms with E-state index in [0.717, 1.165) is 25.8 Å². The average Bonchev–Trinajstić information content (AvgIpc) is 3.53. The van der Waals surface area contributed by atoms with Crippen LogP contribution in [-0.4, -0.2) is 71.3 Å². The number of likely N-dealkylation sites (N-methyl/N-ethyl adjacent to an activating group) is 1. The van der Waals surface area contributed by atoms with Crippen LogP contribution in [0.3, 0.4) is 0 Å². The molecule has 172 valence electrons. The Balaban J connectivity index is 1.73. The summed E-state index contributed by atoms with van der Waals surface area (Å²) >= 11 is 0. The van der Waals surface area contributed by atoms with E-state index in [9.17, 15) is 9.90 Å². The molecule has 0 radical (unpaired) electrons. The van der Waals surface area contributed by atoms with E-state index in [1.165, 1.54) is 7.05 Å². The molecular formula is C20H29N9O3. The number of hydrogen-bond donors (Lipinski definition) is 3. The normalized spacial score (nSPS) is 20.7. The van der Waals surface area contributed by atoms with Gasteiger partial charge in [-0.3, -0.25) is 14.0 Å². The minimum Gasteiger partial charge on any atom is -0.388 e. The number of hydrogen-bond acceptors (Lipinski definition) is 9. The van der Waals surface area contributed by atoms with E-state index in [1.54, 1.807) is 15.6 Å². The zero-order chi connectivity index (χ0) is 22.7. The van der Waals surface area contributed by atoms with Crippen molar-refractivity contribution in [2.24, 2.45) is 0 Å². The fraction of sp³-hybridized carbons (Fsp3) is 0.600. The van der Waals surface area contributed by atoms with Crippen molar-refractivity contribution in [1.82, 2.24) is 39.8 Å². The molecule has 1 amide bonds. The number of carbonyl (C=O) groups excluding carboxylic acids is 1. The molecule has 0 spiro atoms. The molecule has 32 heavy (non-hydrogen) atoms. The highest BCUT2D eigenvalue weighted by molar-refractivity contribution is 5.85. The molecule has 4 heterocycles. The van der Waals surface area contributed by atoms with Gasteiger partial charge < -0.3 is 20.5 Å². The number of fused-ring (bicyclic) bond motifs is 1. The van der Waals surface area contributed by atoms with Crippen LogP contribution >= 0.6 is 0 Å². The minimum atomic E-state index is -0.880. The van der Waals surface area contributed by atoms with Gasteiger partial charge in [0.05, 0.1) is 12.5 Å². The summed E-state index contributed by atoms with van der Waals surface area (Å²) in [5, 5.41) is 24.8. The van der Waals surface area contributed by atoms with Gasteiger partial charge >= 0.3 is 0 Å². The zero-order valence-corrected chi connectivity index (χ0v) is 18.5. The van der Waals surface area contributed by atoms with Crippen LogP contribution in [0.5, 0.6) is 0 Å².